The number of amides is 1. The summed E-state index contributed by atoms with van der Waals surface area (Å²) in [5.74, 6) is 0.689. The van der Waals surface area contributed by atoms with Gasteiger partial charge >= 0.3 is 0 Å². The number of aromatic nitrogens is 4. The molecule has 9 nitrogen and oxygen atoms in total. The van der Waals surface area contributed by atoms with Gasteiger partial charge < -0.3 is 5.32 Å². The Morgan fingerprint density at radius 1 is 1.20 bits per heavy atom. The molecule has 3 rings (SSSR count). The highest BCUT2D eigenvalue weighted by Gasteiger charge is 2.19. The second kappa shape index (κ2) is 6.48. The lowest BCUT2D eigenvalue weighted by atomic mass is 10.1. The highest BCUT2D eigenvalue weighted by atomic mass is 16.6. The molecule has 1 amide bonds. The van der Waals surface area contributed by atoms with E-state index < -0.39 is 10.8 Å². The summed E-state index contributed by atoms with van der Waals surface area (Å²) in [6.45, 7) is 3.50. The predicted molar refractivity (Wildman–Crippen MR) is 89.7 cm³/mol. The lowest BCUT2D eigenvalue weighted by Gasteiger charge is -2.08. The Morgan fingerprint density at radius 3 is 2.60 bits per heavy atom. The van der Waals surface area contributed by atoms with Gasteiger partial charge in [-0.3, -0.25) is 19.5 Å². The predicted octanol–water partition coefficient (Wildman–Crippen LogP) is 2.44. The van der Waals surface area contributed by atoms with Crippen molar-refractivity contribution >= 4 is 17.3 Å². The molecule has 0 aliphatic rings. The SMILES string of the molecule is Cc1cccc([N+](=O)[O-])c1NC(=O)c1ccc(-n2ccnc2C)nn1. The van der Waals surface area contributed by atoms with Crippen LogP contribution in [-0.4, -0.2) is 30.6 Å². The topological polar surface area (TPSA) is 116 Å². The zero-order valence-electron chi connectivity index (χ0n) is 13.5. The van der Waals surface area contributed by atoms with Gasteiger partial charge in [-0.05, 0) is 31.5 Å². The largest absolute Gasteiger partial charge is 0.315 e. The van der Waals surface area contributed by atoms with E-state index in [1.165, 1.54) is 12.1 Å². The number of nitrogens with one attached hydrogen (secondary N) is 1. The van der Waals surface area contributed by atoms with E-state index in [4.69, 9.17) is 0 Å². The molecule has 25 heavy (non-hydrogen) atoms. The first-order valence-electron chi connectivity index (χ1n) is 7.37. The van der Waals surface area contributed by atoms with E-state index in [0.29, 0.717) is 11.4 Å². The van der Waals surface area contributed by atoms with Crippen molar-refractivity contribution in [3.63, 3.8) is 0 Å². The van der Waals surface area contributed by atoms with Gasteiger partial charge in [-0.15, -0.1) is 10.2 Å². The molecule has 0 atom stereocenters. The normalized spacial score (nSPS) is 10.5. The van der Waals surface area contributed by atoms with Crippen molar-refractivity contribution in [3.05, 3.63) is 69.9 Å². The van der Waals surface area contributed by atoms with Crippen molar-refractivity contribution in [1.29, 1.82) is 0 Å². The van der Waals surface area contributed by atoms with Gasteiger partial charge in [0.1, 0.15) is 11.5 Å². The molecular formula is C16H14N6O3. The number of anilines is 1. The molecule has 0 bridgehead atoms. The molecule has 0 fully saturated rings. The number of hydrogen-bond donors (Lipinski definition) is 1. The van der Waals surface area contributed by atoms with Crippen LogP contribution in [0.25, 0.3) is 5.82 Å². The third kappa shape index (κ3) is 3.20. The molecule has 0 aliphatic carbocycles. The highest BCUT2D eigenvalue weighted by Crippen LogP contribution is 2.27. The van der Waals surface area contributed by atoms with E-state index in [1.807, 2.05) is 6.92 Å². The Labute approximate surface area is 142 Å². The van der Waals surface area contributed by atoms with E-state index in [0.717, 1.165) is 5.82 Å². The van der Waals surface area contributed by atoms with Crippen LogP contribution in [0, 0.1) is 24.0 Å². The molecule has 0 unspecified atom stereocenters. The van der Waals surface area contributed by atoms with E-state index in [9.17, 15) is 14.9 Å². The number of rotatable bonds is 4. The maximum Gasteiger partial charge on any atom is 0.293 e. The van der Waals surface area contributed by atoms with Crippen molar-refractivity contribution < 1.29 is 9.72 Å². The Hall–Kier alpha value is -3.62. The number of nitrogens with zero attached hydrogens (tertiary/aromatic N) is 5. The maximum atomic E-state index is 12.4. The van der Waals surface area contributed by atoms with Crippen molar-refractivity contribution in [2.45, 2.75) is 13.8 Å². The average Bonchev–Trinajstić information content (AvgIpc) is 3.02. The smallest absolute Gasteiger partial charge is 0.293 e. The molecule has 126 valence electrons. The lowest BCUT2D eigenvalue weighted by Crippen LogP contribution is -2.16. The molecule has 2 heterocycles. The molecule has 2 aromatic heterocycles. The molecule has 1 N–H and O–H groups in total. The summed E-state index contributed by atoms with van der Waals surface area (Å²) < 4.78 is 1.72. The lowest BCUT2D eigenvalue weighted by molar-refractivity contribution is -0.384. The van der Waals surface area contributed by atoms with Crippen molar-refractivity contribution in [2.75, 3.05) is 5.32 Å². The summed E-state index contributed by atoms with van der Waals surface area (Å²) in [7, 11) is 0. The van der Waals surface area contributed by atoms with Crippen molar-refractivity contribution in [2.24, 2.45) is 0 Å². The molecule has 1 aromatic carbocycles. The third-order valence-electron chi connectivity index (χ3n) is 3.64. The van der Waals surface area contributed by atoms with Gasteiger partial charge in [0.25, 0.3) is 11.6 Å². The minimum atomic E-state index is -0.571. The van der Waals surface area contributed by atoms with Gasteiger partial charge in [0, 0.05) is 18.5 Å². The summed E-state index contributed by atoms with van der Waals surface area (Å²) in [5.41, 5.74) is 0.612. The molecule has 0 aliphatic heterocycles. The fourth-order valence-electron chi connectivity index (χ4n) is 2.34. The Bertz CT molecular complexity index is 949. The third-order valence-corrected chi connectivity index (χ3v) is 3.64. The number of nitro benzene ring substituents is 1. The number of aryl methyl sites for hydroxylation is 2. The summed E-state index contributed by atoms with van der Waals surface area (Å²) in [6.07, 6.45) is 3.37. The summed E-state index contributed by atoms with van der Waals surface area (Å²) >= 11 is 0. The minimum absolute atomic E-state index is 0.0547. The highest BCUT2D eigenvalue weighted by molar-refractivity contribution is 6.04. The second-order valence-corrected chi connectivity index (χ2v) is 5.30. The van der Waals surface area contributed by atoms with E-state index in [1.54, 1.807) is 42.1 Å². The van der Waals surface area contributed by atoms with Gasteiger partial charge in [0.15, 0.2) is 11.5 Å². The first-order valence-corrected chi connectivity index (χ1v) is 7.37. The molecule has 3 aromatic rings. The second-order valence-electron chi connectivity index (χ2n) is 5.30. The van der Waals surface area contributed by atoms with Gasteiger partial charge in [-0.1, -0.05) is 12.1 Å². The standard InChI is InChI=1S/C16H14N6O3/c1-10-4-3-5-13(22(24)25)15(10)18-16(23)12-6-7-14(20-19-12)21-9-8-17-11(21)2/h3-9H,1-2H3,(H,18,23). The maximum absolute atomic E-state index is 12.4. The van der Waals surface area contributed by atoms with Gasteiger partial charge in [-0.25, -0.2) is 4.98 Å². The quantitative estimate of drug-likeness (QED) is 0.577. The van der Waals surface area contributed by atoms with E-state index in [-0.39, 0.29) is 17.1 Å². The molecule has 0 saturated heterocycles. The number of imidazole rings is 1. The van der Waals surface area contributed by atoms with Crippen molar-refractivity contribution in [3.8, 4) is 5.82 Å². The summed E-state index contributed by atoms with van der Waals surface area (Å²) in [6, 6.07) is 7.70. The fraction of sp³-hybridized carbons (Fsp3) is 0.125. The van der Waals surface area contributed by atoms with Crippen LogP contribution in [0.5, 0.6) is 0 Å². The first kappa shape index (κ1) is 16.2. The molecule has 0 saturated carbocycles. The molecule has 0 radical (unpaired) electrons. The minimum Gasteiger partial charge on any atom is -0.315 e. The van der Waals surface area contributed by atoms with Gasteiger partial charge in [0.2, 0.25) is 0 Å². The van der Waals surface area contributed by atoms with E-state index in [2.05, 4.69) is 20.5 Å². The number of hydrogen-bond acceptors (Lipinski definition) is 6. The van der Waals surface area contributed by atoms with Crippen LogP contribution in [0.3, 0.4) is 0 Å². The van der Waals surface area contributed by atoms with Crippen LogP contribution in [0.15, 0.2) is 42.7 Å². The zero-order valence-corrected chi connectivity index (χ0v) is 13.5. The Balaban J connectivity index is 1.86. The van der Waals surface area contributed by atoms with Crippen LogP contribution in [0.2, 0.25) is 0 Å². The van der Waals surface area contributed by atoms with Gasteiger partial charge in [-0.2, -0.15) is 0 Å². The number of carbonyl (C=O) groups is 1. The average molecular weight is 338 g/mol. The fourth-order valence-corrected chi connectivity index (χ4v) is 2.34. The van der Waals surface area contributed by atoms with Crippen molar-refractivity contribution in [1.82, 2.24) is 19.7 Å². The first-order chi connectivity index (χ1) is 12.0. The van der Waals surface area contributed by atoms with Crippen LogP contribution >= 0.6 is 0 Å². The van der Waals surface area contributed by atoms with Crippen LogP contribution < -0.4 is 5.32 Å². The van der Waals surface area contributed by atoms with Crippen LogP contribution in [0.1, 0.15) is 21.9 Å². The number of carbonyl (C=O) groups excluding carboxylic acids is 1. The van der Waals surface area contributed by atoms with Gasteiger partial charge in [0.05, 0.1) is 4.92 Å². The zero-order chi connectivity index (χ0) is 18.0. The van der Waals surface area contributed by atoms with Crippen LogP contribution in [-0.2, 0) is 0 Å². The number of para-hydroxylation sites is 1. The number of benzene rings is 1. The Morgan fingerprint density at radius 2 is 2.00 bits per heavy atom. The summed E-state index contributed by atoms with van der Waals surface area (Å²) in [5, 5.41) is 21.6. The monoisotopic (exact) mass is 338 g/mol. The van der Waals surface area contributed by atoms with Crippen LogP contribution in [0.4, 0.5) is 11.4 Å². The molecule has 0 spiro atoms. The van der Waals surface area contributed by atoms with E-state index >= 15 is 0 Å². The molecule has 9 heteroatoms. The number of nitro groups is 1. The Kier molecular flexibility index (Phi) is 4.21. The summed E-state index contributed by atoms with van der Waals surface area (Å²) in [4.78, 5) is 27.0. The molecular weight excluding hydrogens is 324 g/mol.